The first kappa shape index (κ1) is 21.0. The number of hydrogen-bond acceptors (Lipinski definition) is 7. The van der Waals surface area contributed by atoms with E-state index in [4.69, 9.17) is 16.3 Å². The predicted octanol–water partition coefficient (Wildman–Crippen LogP) is 3.63. The molecule has 0 aromatic carbocycles. The number of aromatic nitrogens is 2. The monoisotopic (exact) mass is 430 g/mol. The van der Waals surface area contributed by atoms with Crippen molar-refractivity contribution in [3.63, 3.8) is 0 Å². The summed E-state index contributed by atoms with van der Waals surface area (Å²) in [4.78, 5) is 21.7. The van der Waals surface area contributed by atoms with Crippen LogP contribution in [0.15, 0.2) is 24.4 Å². The van der Waals surface area contributed by atoms with Gasteiger partial charge in [-0.15, -0.1) is 0 Å². The maximum absolute atomic E-state index is 12.8. The van der Waals surface area contributed by atoms with Gasteiger partial charge < -0.3 is 19.7 Å². The van der Waals surface area contributed by atoms with Crippen molar-refractivity contribution in [2.75, 3.05) is 37.5 Å². The Morgan fingerprint density at radius 2 is 2.10 bits per heavy atom. The van der Waals surface area contributed by atoms with Gasteiger partial charge in [-0.1, -0.05) is 11.6 Å². The van der Waals surface area contributed by atoms with Crippen molar-refractivity contribution < 1.29 is 27.4 Å². The summed E-state index contributed by atoms with van der Waals surface area (Å²) >= 11 is 6.03. The van der Waals surface area contributed by atoms with Crippen LogP contribution in [0.4, 0.5) is 24.8 Å². The molecule has 156 valence electrons. The van der Waals surface area contributed by atoms with E-state index in [0.29, 0.717) is 31.1 Å². The second-order valence-corrected chi connectivity index (χ2v) is 6.76. The molecule has 1 atom stereocenters. The Morgan fingerprint density at radius 3 is 2.72 bits per heavy atom. The van der Waals surface area contributed by atoms with E-state index in [9.17, 15) is 18.0 Å². The molecule has 0 aliphatic carbocycles. The number of nitrogens with zero attached hydrogens (tertiary/aromatic N) is 3. The lowest BCUT2D eigenvalue weighted by molar-refractivity contribution is -0.137. The van der Waals surface area contributed by atoms with Gasteiger partial charge in [0.25, 0.3) is 0 Å². The molecule has 0 spiro atoms. The van der Waals surface area contributed by atoms with E-state index in [2.05, 4.69) is 20.0 Å². The molecule has 1 aliphatic rings. The lowest BCUT2D eigenvalue weighted by atomic mass is 10.2. The Hall–Kier alpha value is -2.75. The van der Waals surface area contributed by atoms with E-state index < -0.39 is 17.7 Å². The van der Waals surface area contributed by atoms with Gasteiger partial charge in [0.05, 0.1) is 24.8 Å². The lowest BCUT2D eigenvalue weighted by Crippen LogP contribution is -2.27. The SMILES string of the molecule is COC(=O)c1ccc(NC2CCN(c3ncc(C(F)(F)F)cc3Cl)C2)nc1OC. The van der Waals surface area contributed by atoms with Gasteiger partial charge in [0.1, 0.15) is 17.2 Å². The molecule has 0 bridgehead atoms. The molecular formula is C18H18ClF3N4O3. The van der Waals surface area contributed by atoms with Crippen LogP contribution in [0.25, 0.3) is 0 Å². The number of nitrogens with one attached hydrogen (secondary N) is 1. The number of carbonyl (C=O) groups excluding carboxylic acids is 1. The molecule has 3 rings (SSSR count). The minimum absolute atomic E-state index is 0.0451. The molecule has 2 aromatic heterocycles. The summed E-state index contributed by atoms with van der Waals surface area (Å²) in [5, 5.41) is 3.17. The third-order valence-corrected chi connectivity index (χ3v) is 4.73. The first-order chi connectivity index (χ1) is 13.7. The molecule has 0 saturated carbocycles. The average molecular weight is 431 g/mol. The van der Waals surface area contributed by atoms with Crippen LogP contribution >= 0.6 is 11.6 Å². The fourth-order valence-corrected chi connectivity index (χ4v) is 3.33. The van der Waals surface area contributed by atoms with Gasteiger partial charge in [-0.25, -0.2) is 9.78 Å². The highest BCUT2D eigenvalue weighted by Gasteiger charge is 2.33. The number of pyridine rings is 2. The van der Waals surface area contributed by atoms with Crippen LogP contribution < -0.4 is 15.0 Å². The third-order valence-electron chi connectivity index (χ3n) is 4.45. The second-order valence-electron chi connectivity index (χ2n) is 6.35. The molecule has 0 radical (unpaired) electrons. The molecule has 0 amide bonds. The topological polar surface area (TPSA) is 76.6 Å². The molecular weight excluding hydrogens is 413 g/mol. The molecule has 1 aliphatic heterocycles. The summed E-state index contributed by atoms with van der Waals surface area (Å²) < 4.78 is 48.1. The molecule has 1 N–H and O–H groups in total. The van der Waals surface area contributed by atoms with Crippen LogP contribution in [-0.4, -0.2) is 49.3 Å². The Bertz CT molecular complexity index is 910. The largest absolute Gasteiger partial charge is 0.480 e. The highest BCUT2D eigenvalue weighted by Crippen LogP contribution is 2.34. The van der Waals surface area contributed by atoms with Crippen LogP contribution in [0.2, 0.25) is 5.02 Å². The van der Waals surface area contributed by atoms with Crippen molar-refractivity contribution >= 4 is 29.2 Å². The minimum atomic E-state index is -4.49. The van der Waals surface area contributed by atoms with E-state index >= 15 is 0 Å². The van der Waals surface area contributed by atoms with Crippen LogP contribution in [-0.2, 0) is 10.9 Å². The molecule has 1 fully saturated rings. The summed E-state index contributed by atoms with van der Waals surface area (Å²) in [7, 11) is 2.66. The number of anilines is 2. The predicted molar refractivity (Wildman–Crippen MR) is 101 cm³/mol. The fourth-order valence-electron chi connectivity index (χ4n) is 3.04. The quantitative estimate of drug-likeness (QED) is 0.726. The molecule has 7 nitrogen and oxygen atoms in total. The van der Waals surface area contributed by atoms with E-state index in [1.54, 1.807) is 17.0 Å². The summed E-state index contributed by atoms with van der Waals surface area (Å²) in [5.41, 5.74) is -0.684. The van der Waals surface area contributed by atoms with E-state index in [0.717, 1.165) is 12.3 Å². The van der Waals surface area contributed by atoms with Crippen LogP contribution in [0.1, 0.15) is 22.3 Å². The zero-order valence-electron chi connectivity index (χ0n) is 15.6. The number of alkyl halides is 3. The molecule has 29 heavy (non-hydrogen) atoms. The number of esters is 1. The molecule has 1 saturated heterocycles. The number of rotatable bonds is 5. The van der Waals surface area contributed by atoms with Gasteiger partial charge in [-0.05, 0) is 24.6 Å². The van der Waals surface area contributed by atoms with Gasteiger partial charge in [0.2, 0.25) is 5.88 Å². The van der Waals surface area contributed by atoms with E-state index in [1.807, 2.05) is 0 Å². The van der Waals surface area contributed by atoms with Crippen molar-refractivity contribution in [1.82, 2.24) is 9.97 Å². The number of halogens is 4. The number of ether oxygens (including phenoxy) is 2. The highest BCUT2D eigenvalue weighted by atomic mass is 35.5. The van der Waals surface area contributed by atoms with Gasteiger partial charge in [-0.3, -0.25) is 0 Å². The fraction of sp³-hybridized carbons (Fsp3) is 0.389. The summed E-state index contributed by atoms with van der Waals surface area (Å²) in [6, 6.07) is 4.00. The van der Waals surface area contributed by atoms with Crippen molar-refractivity contribution in [2.24, 2.45) is 0 Å². The van der Waals surface area contributed by atoms with Crippen molar-refractivity contribution in [3.05, 3.63) is 40.5 Å². The minimum Gasteiger partial charge on any atom is -0.480 e. The van der Waals surface area contributed by atoms with Crippen LogP contribution in [0, 0.1) is 0 Å². The Morgan fingerprint density at radius 1 is 1.34 bits per heavy atom. The lowest BCUT2D eigenvalue weighted by Gasteiger charge is -2.20. The maximum Gasteiger partial charge on any atom is 0.417 e. The number of methoxy groups -OCH3 is 2. The molecule has 1 unspecified atom stereocenters. The zero-order chi connectivity index (χ0) is 21.2. The summed E-state index contributed by atoms with van der Waals surface area (Å²) in [5.74, 6) is 0.364. The van der Waals surface area contributed by atoms with Crippen LogP contribution in [0.3, 0.4) is 0 Å². The average Bonchev–Trinajstić information content (AvgIpc) is 3.14. The molecule has 11 heteroatoms. The molecule has 3 heterocycles. The van der Waals surface area contributed by atoms with E-state index in [-0.39, 0.29) is 22.5 Å². The second kappa shape index (κ2) is 8.32. The Labute approximate surface area is 169 Å². The highest BCUT2D eigenvalue weighted by molar-refractivity contribution is 6.33. The normalized spacial score (nSPS) is 16.6. The van der Waals surface area contributed by atoms with Crippen molar-refractivity contribution in [3.8, 4) is 5.88 Å². The molecule has 2 aromatic rings. The number of carbonyl (C=O) groups is 1. The van der Waals surface area contributed by atoms with E-state index in [1.165, 1.54) is 14.2 Å². The van der Waals surface area contributed by atoms with Gasteiger partial charge >= 0.3 is 12.1 Å². The Kier molecular flexibility index (Phi) is 6.02. The third kappa shape index (κ3) is 4.64. The first-order valence-electron chi connectivity index (χ1n) is 8.60. The van der Waals surface area contributed by atoms with Gasteiger partial charge in [-0.2, -0.15) is 18.2 Å². The standard InChI is InChI=1S/C18H18ClF3N4O3/c1-28-16-12(17(27)29-2)3-4-14(25-16)24-11-5-6-26(9-11)15-13(19)7-10(8-23-15)18(20,21)22/h3-4,7-8,11H,5-6,9H2,1-2H3,(H,24,25). The first-order valence-corrected chi connectivity index (χ1v) is 8.98. The smallest absolute Gasteiger partial charge is 0.417 e. The Balaban J connectivity index is 1.70. The van der Waals surface area contributed by atoms with Gasteiger partial charge in [0, 0.05) is 25.3 Å². The maximum atomic E-state index is 12.8. The van der Waals surface area contributed by atoms with Crippen LogP contribution in [0.5, 0.6) is 5.88 Å². The van der Waals surface area contributed by atoms with Gasteiger partial charge in [0.15, 0.2) is 0 Å². The van der Waals surface area contributed by atoms with Crippen molar-refractivity contribution in [1.29, 1.82) is 0 Å². The van der Waals surface area contributed by atoms with Crippen molar-refractivity contribution in [2.45, 2.75) is 18.6 Å². The number of hydrogen-bond donors (Lipinski definition) is 1. The summed E-state index contributed by atoms with van der Waals surface area (Å²) in [6.45, 7) is 1.04. The summed E-state index contributed by atoms with van der Waals surface area (Å²) in [6.07, 6.45) is -3.02. The zero-order valence-corrected chi connectivity index (χ0v) is 16.3.